The van der Waals surface area contributed by atoms with Crippen molar-refractivity contribution in [1.82, 2.24) is 4.98 Å². The second kappa shape index (κ2) is 5.84. The Morgan fingerprint density at radius 1 is 1.00 bits per heavy atom. The normalized spacial score (nSPS) is 12.3. The smallest absolute Gasteiger partial charge is 0.145 e. The van der Waals surface area contributed by atoms with Gasteiger partial charge in [-0.05, 0) is 54.1 Å². The van der Waals surface area contributed by atoms with Gasteiger partial charge in [-0.15, -0.1) is 0 Å². The molecule has 0 aliphatic rings. The molecule has 0 fully saturated rings. The first-order chi connectivity index (χ1) is 10.1. The number of benzene rings is 2. The van der Waals surface area contributed by atoms with E-state index in [9.17, 15) is 5.11 Å². The van der Waals surface area contributed by atoms with Gasteiger partial charge in [0, 0.05) is 4.47 Å². The highest BCUT2D eigenvalue weighted by Crippen LogP contribution is 2.27. The standard InChI is InChI=1S/C17H14BrNO2/c1-11(20)17-7-6-16(10-19-17)21-15-5-3-12-8-14(18)4-2-13(12)9-15/h2-11,20H,1H3. The number of hydrogen-bond acceptors (Lipinski definition) is 3. The average Bonchev–Trinajstić information content (AvgIpc) is 2.48. The number of hydrogen-bond donors (Lipinski definition) is 1. The van der Waals surface area contributed by atoms with Crippen molar-refractivity contribution in [3.8, 4) is 11.5 Å². The van der Waals surface area contributed by atoms with Crippen molar-refractivity contribution < 1.29 is 9.84 Å². The van der Waals surface area contributed by atoms with Crippen molar-refractivity contribution in [2.24, 2.45) is 0 Å². The van der Waals surface area contributed by atoms with Crippen LogP contribution in [0.1, 0.15) is 18.7 Å². The molecule has 0 radical (unpaired) electrons. The van der Waals surface area contributed by atoms with Gasteiger partial charge in [0.15, 0.2) is 0 Å². The molecule has 106 valence electrons. The summed E-state index contributed by atoms with van der Waals surface area (Å²) in [4.78, 5) is 4.17. The molecule has 3 aromatic rings. The zero-order valence-electron chi connectivity index (χ0n) is 11.5. The third-order valence-corrected chi connectivity index (χ3v) is 3.69. The zero-order chi connectivity index (χ0) is 14.8. The summed E-state index contributed by atoms with van der Waals surface area (Å²) in [5.74, 6) is 1.41. The Morgan fingerprint density at radius 3 is 2.43 bits per heavy atom. The predicted octanol–water partition coefficient (Wildman–Crippen LogP) is 4.84. The Hall–Kier alpha value is -1.91. The molecule has 0 bridgehead atoms. The minimum absolute atomic E-state index is 0.571. The highest BCUT2D eigenvalue weighted by Gasteiger charge is 2.04. The first-order valence-corrected chi connectivity index (χ1v) is 7.42. The topological polar surface area (TPSA) is 42.4 Å². The fourth-order valence-corrected chi connectivity index (χ4v) is 2.47. The maximum atomic E-state index is 9.44. The Labute approximate surface area is 131 Å². The molecule has 2 aromatic carbocycles. The van der Waals surface area contributed by atoms with Gasteiger partial charge in [-0.25, -0.2) is 0 Å². The van der Waals surface area contributed by atoms with Crippen LogP contribution >= 0.6 is 15.9 Å². The van der Waals surface area contributed by atoms with Gasteiger partial charge in [0.05, 0.1) is 18.0 Å². The molecule has 4 heteroatoms. The van der Waals surface area contributed by atoms with Crippen LogP contribution in [0.2, 0.25) is 0 Å². The fraction of sp³-hybridized carbons (Fsp3) is 0.118. The Kier molecular flexibility index (Phi) is 3.90. The quantitative estimate of drug-likeness (QED) is 0.739. The van der Waals surface area contributed by atoms with Crippen molar-refractivity contribution in [1.29, 1.82) is 0 Å². The summed E-state index contributed by atoms with van der Waals surface area (Å²) in [6, 6.07) is 15.6. The lowest BCUT2D eigenvalue weighted by Gasteiger charge is -2.08. The fourth-order valence-electron chi connectivity index (χ4n) is 2.09. The summed E-state index contributed by atoms with van der Waals surface area (Å²) >= 11 is 3.46. The van der Waals surface area contributed by atoms with Gasteiger partial charge in [-0.2, -0.15) is 0 Å². The zero-order valence-corrected chi connectivity index (χ0v) is 13.0. The highest BCUT2D eigenvalue weighted by molar-refractivity contribution is 9.10. The lowest BCUT2D eigenvalue weighted by atomic mass is 10.1. The molecular weight excluding hydrogens is 330 g/mol. The minimum Gasteiger partial charge on any atom is -0.456 e. The average molecular weight is 344 g/mol. The summed E-state index contributed by atoms with van der Waals surface area (Å²) < 4.78 is 6.85. The lowest BCUT2D eigenvalue weighted by molar-refractivity contribution is 0.194. The molecule has 0 saturated heterocycles. The van der Waals surface area contributed by atoms with Crippen molar-refractivity contribution in [3.05, 3.63) is 64.9 Å². The van der Waals surface area contributed by atoms with E-state index in [0.29, 0.717) is 11.4 Å². The maximum absolute atomic E-state index is 9.44. The number of fused-ring (bicyclic) bond motifs is 1. The molecule has 1 heterocycles. The van der Waals surface area contributed by atoms with Crippen LogP contribution in [0.3, 0.4) is 0 Å². The first kappa shape index (κ1) is 14.0. The van der Waals surface area contributed by atoms with Gasteiger partial charge in [0.2, 0.25) is 0 Å². The van der Waals surface area contributed by atoms with Gasteiger partial charge in [0.1, 0.15) is 11.5 Å². The monoisotopic (exact) mass is 343 g/mol. The molecule has 0 aliphatic carbocycles. The van der Waals surface area contributed by atoms with Gasteiger partial charge in [-0.3, -0.25) is 4.98 Å². The van der Waals surface area contributed by atoms with Crippen molar-refractivity contribution in [2.75, 3.05) is 0 Å². The lowest BCUT2D eigenvalue weighted by Crippen LogP contribution is -1.95. The van der Waals surface area contributed by atoms with Gasteiger partial charge >= 0.3 is 0 Å². The summed E-state index contributed by atoms with van der Waals surface area (Å²) in [6.45, 7) is 1.68. The van der Waals surface area contributed by atoms with Crippen LogP contribution in [-0.2, 0) is 0 Å². The summed E-state index contributed by atoms with van der Waals surface area (Å²) in [5.41, 5.74) is 0.630. The number of aliphatic hydroxyl groups is 1. The summed E-state index contributed by atoms with van der Waals surface area (Å²) in [5, 5.41) is 11.7. The Bertz CT molecular complexity index is 769. The molecule has 3 rings (SSSR count). The maximum Gasteiger partial charge on any atom is 0.145 e. The number of halogens is 1. The van der Waals surface area contributed by atoms with E-state index in [4.69, 9.17) is 4.74 Å². The molecule has 1 aromatic heterocycles. The third-order valence-electron chi connectivity index (χ3n) is 3.20. The van der Waals surface area contributed by atoms with E-state index in [1.165, 1.54) is 0 Å². The minimum atomic E-state index is -0.571. The van der Waals surface area contributed by atoms with E-state index < -0.39 is 6.10 Å². The molecule has 3 nitrogen and oxygen atoms in total. The number of rotatable bonds is 3. The van der Waals surface area contributed by atoms with Crippen molar-refractivity contribution in [3.63, 3.8) is 0 Å². The third kappa shape index (κ3) is 3.23. The summed E-state index contributed by atoms with van der Waals surface area (Å²) in [6.07, 6.45) is 1.05. The van der Waals surface area contributed by atoms with Crippen molar-refractivity contribution >= 4 is 26.7 Å². The Morgan fingerprint density at radius 2 is 1.71 bits per heavy atom. The molecule has 0 saturated carbocycles. The molecule has 1 unspecified atom stereocenters. The summed E-state index contributed by atoms with van der Waals surface area (Å²) in [7, 11) is 0. The number of nitrogens with zero attached hydrogens (tertiary/aromatic N) is 1. The first-order valence-electron chi connectivity index (χ1n) is 6.63. The largest absolute Gasteiger partial charge is 0.456 e. The molecule has 0 amide bonds. The molecule has 1 atom stereocenters. The van der Waals surface area contributed by atoms with E-state index in [1.54, 1.807) is 25.3 Å². The van der Waals surface area contributed by atoms with Gasteiger partial charge < -0.3 is 9.84 Å². The van der Waals surface area contributed by atoms with Crippen LogP contribution in [0.4, 0.5) is 0 Å². The van der Waals surface area contributed by atoms with E-state index in [2.05, 4.69) is 27.0 Å². The number of ether oxygens (including phenoxy) is 1. The number of aliphatic hydroxyl groups excluding tert-OH is 1. The Balaban J connectivity index is 1.85. The molecule has 21 heavy (non-hydrogen) atoms. The van der Waals surface area contributed by atoms with E-state index in [0.717, 1.165) is 21.0 Å². The van der Waals surface area contributed by atoms with Gasteiger partial charge in [0.25, 0.3) is 0 Å². The van der Waals surface area contributed by atoms with Gasteiger partial charge in [-0.1, -0.05) is 28.1 Å². The van der Waals surface area contributed by atoms with Crippen LogP contribution in [-0.4, -0.2) is 10.1 Å². The van der Waals surface area contributed by atoms with Crippen LogP contribution in [0.5, 0.6) is 11.5 Å². The molecule has 0 aliphatic heterocycles. The second-order valence-corrected chi connectivity index (χ2v) is 5.77. The van der Waals surface area contributed by atoms with Crippen LogP contribution in [0.15, 0.2) is 59.2 Å². The van der Waals surface area contributed by atoms with Crippen molar-refractivity contribution in [2.45, 2.75) is 13.0 Å². The van der Waals surface area contributed by atoms with Crippen LogP contribution < -0.4 is 4.74 Å². The van der Waals surface area contributed by atoms with E-state index >= 15 is 0 Å². The van der Waals surface area contributed by atoms with E-state index in [-0.39, 0.29) is 0 Å². The predicted molar refractivity (Wildman–Crippen MR) is 86.6 cm³/mol. The molecule has 0 spiro atoms. The number of aromatic nitrogens is 1. The van der Waals surface area contributed by atoms with Crippen LogP contribution in [0, 0.1) is 0 Å². The highest BCUT2D eigenvalue weighted by atomic mass is 79.9. The molecular formula is C17H14BrNO2. The van der Waals surface area contributed by atoms with Crippen LogP contribution in [0.25, 0.3) is 10.8 Å². The molecule has 1 N–H and O–H groups in total. The number of pyridine rings is 1. The second-order valence-electron chi connectivity index (χ2n) is 4.85. The van der Waals surface area contributed by atoms with E-state index in [1.807, 2.05) is 30.3 Å². The SMILES string of the molecule is CC(O)c1ccc(Oc2ccc3cc(Br)ccc3c2)cn1.